The third-order valence-electron chi connectivity index (χ3n) is 4.53. The van der Waals surface area contributed by atoms with Gasteiger partial charge in [0.1, 0.15) is 5.82 Å². The van der Waals surface area contributed by atoms with Crippen molar-refractivity contribution in [1.82, 2.24) is 4.90 Å². The van der Waals surface area contributed by atoms with Crippen LogP contribution in [0.15, 0.2) is 24.3 Å². The van der Waals surface area contributed by atoms with E-state index >= 15 is 0 Å². The molecule has 1 aliphatic carbocycles. The summed E-state index contributed by atoms with van der Waals surface area (Å²) in [6.45, 7) is 1.64. The van der Waals surface area contributed by atoms with E-state index in [1.807, 2.05) is 4.90 Å². The molecule has 1 heterocycles. The Hall–Kier alpha value is -1.42. The lowest BCUT2D eigenvalue weighted by atomic mass is 9.98. The molecule has 1 aliphatic heterocycles. The predicted molar refractivity (Wildman–Crippen MR) is 70.9 cm³/mol. The van der Waals surface area contributed by atoms with Crippen LogP contribution in [0.1, 0.15) is 18.4 Å². The first-order valence-corrected chi connectivity index (χ1v) is 6.91. The fourth-order valence-electron chi connectivity index (χ4n) is 3.40. The monoisotopic (exact) mass is 262 g/mol. The molecule has 3 nitrogen and oxygen atoms in total. The summed E-state index contributed by atoms with van der Waals surface area (Å²) in [6.07, 6.45) is 2.59. The SMILES string of the molecule is N[C@@H]1CC[C@@H]2CN(C(=O)Cc3ccc(F)cc3)C[C@@H]21. The standard InChI is InChI=1S/C15H19FN2O/c16-12-4-1-10(2-5-12)7-15(19)18-8-11-3-6-14(17)13(11)9-18/h1-2,4-5,11,13-14H,3,6-9,17H2/t11-,13+,14-/m1/s1. The third kappa shape index (κ3) is 2.50. The van der Waals surface area contributed by atoms with Gasteiger partial charge in [-0.2, -0.15) is 0 Å². The number of nitrogens with zero attached hydrogens (tertiary/aromatic N) is 1. The molecule has 1 amide bonds. The van der Waals surface area contributed by atoms with Gasteiger partial charge in [0.2, 0.25) is 5.91 Å². The van der Waals surface area contributed by atoms with Crippen molar-refractivity contribution in [3.63, 3.8) is 0 Å². The smallest absolute Gasteiger partial charge is 0.227 e. The summed E-state index contributed by atoms with van der Waals surface area (Å²) in [6, 6.07) is 6.41. The molecule has 4 heteroatoms. The Morgan fingerprint density at radius 1 is 1.26 bits per heavy atom. The number of carbonyl (C=O) groups is 1. The molecule has 2 fully saturated rings. The second-order valence-corrected chi connectivity index (χ2v) is 5.77. The number of rotatable bonds is 2. The molecule has 1 saturated heterocycles. The molecule has 1 aromatic carbocycles. The van der Waals surface area contributed by atoms with Crippen LogP contribution in [-0.2, 0) is 11.2 Å². The number of hydrogen-bond acceptors (Lipinski definition) is 2. The molecule has 0 spiro atoms. The van der Waals surface area contributed by atoms with Gasteiger partial charge in [0.05, 0.1) is 6.42 Å². The number of halogens is 1. The number of benzene rings is 1. The molecule has 1 aromatic rings. The number of hydrogen-bond donors (Lipinski definition) is 1. The molecule has 2 aliphatic rings. The van der Waals surface area contributed by atoms with Gasteiger partial charge in [-0.05, 0) is 42.4 Å². The number of likely N-dealkylation sites (tertiary alicyclic amines) is 1. The molecule has 102 valence electrons. The Kier molecular flexibility index (Phi) is 3.27. The second kappa shape index (κ2) is 4.93. The second-order valence-electron chi connectivity index (χ2n) is 5.77. The minimum Gasteiger partial charge on any atom is -0.342 e. The summed E-state index contributed by atoms with van der Waals surface area (Å²) in [7, 11) is 0. The van der Waals surface area contributed by atoms with Crippen LogP contribution in [0, 0.1) is 17.7 Å². The van der Waals surface area contributed by atoms with Gasteiger partial charge in [-0.3, -0.25) is 4.79 Å². The average molecular weight is 262 g/mol. The summed E-state index contributed by atoms with van der Waals surface area (Å²) in [5, 5.41) is 0. The van der Waals surface area contributed by atoms with Crippen LogP contribution in [0.4, 0.5) is 4.39 Å². The Morgan fingerprint density at radius 3 is 2.68 bits per heavy atom. The number of amides is 1. The topological polar surface area (TPSA) is 46.3 Å². The highest BCUT2D eigenvalue weighted by Gasteiger charge is 2.42. The van der Waals surface area contributed by atoms with Crippen LogP contribution in [0.3, 0.4) is 0 Å². The van der Waals surface area contributed by atoms with Crippen molar-refractivity contribution in [3.8, 4) is 0 Å². The maximum atomic E-state index is 12.8. The van der Waals surface area contributed by atoms with E-state index in [2.05, 4.69) is 0 Å². The Balaban J connectivity index is 1.61. The molecule has 0 aromatic heterocycles. The van der Waals surface area contributed by atoms with E-state index in [0.717, 1.165) is 31.5 Å². The summed E-state index contributed by atoms with van der Waals surface area (Å²) in [4.78, 5) is 14.2. The average Bonchev–Trinajstić information content (AvgIpc) is 2.95. The van der Waals surface area contributed by atoms with E-state index in [9.17, 15) is 9.18 Å². The summed E-state index contributed by atoms with van der Waals surface area (Å²) in [5.74, 6) is 0.940. The summed E-state index contributed by atoms with van der Waals surface area (Å²) < 4.78 is 12.8. The van der Waals surface area contributed by atoms with Crippen LogP contribution < -0.4 is 5.73 Å². The normalized spacial score (nSPS) is 29.6. The van der Waals surface area contributed by atoms with Gasteiger partial charge in [-0.1, -0.05) is 12.1 Å². The summed E-state index contributed by atoms with van der Waals surface area (Å²) >= 11 is 0. The lowest BCUT2D eigenvalue weighted by molar-refractivity contribution is -0.129. The van der Waals surface area contributed by atoms with Gasteiger partial charge in [-0.25, -0.2) is 4.39 Å². The number of fused-ring (bicyclic) bond motifs is 1. The first-order chi connectivity index (χ1) is 9.13. The Labute approximate surface area is 112 Å². The van der Waals surface area contributed by atoms with Crippen molar-refractivity contribution >= 4 is 5.91 Å². The maximum absolute atomic E-state index is 12.8. The number of carbonyl (C=O) groups excluding carboxylic acids is 1. The van der Waals surface area contributed by atoms with Gasteiger partial charge in [-0.15, -0.1) is 0 Å². The highest BCUT2D eigenvalue weighted by atomic mass is 19.1. The highest BCUT2D eigenvalue weighted by Crippen LogP contribution is 2.37. The van der Waals surface area contributed by atoms with Crippen LogP contribution in [0.2, 0.25) is 0 Å². The van der Waals surface area contributed by atoms with Crippen molar-refractivity contribution in [2.24, 2.45) is 17.6 Å². The minimum absolute atomic E-state index is 0.133. The van der Waals surface area contributed by atoms with Crippen molar-refractivity contribution < 1.29 is 9.18 Å². The maximum Gasteiger partial charge on any atom is 0.227 e. The quantitative estimate of drug-likeness (QED) is 0.879. The molecule has 3 atom stereocenters. The van der Waals surface area contributed by atoms with Crippen molar-refractivity contribution in [3.05, 3.63) is 35.6 Å². The van der Waals surface area contributed by atoms with Crippen LogP contribution in [0.25, 0.3) is 0 Å². The van der Waals surface area contributed by atoms with Crippen LogP contribution >= 0.6 is 0 Å². The molecule has 0 radical (unpaired) electrons. The molecule has 1 saturated carbocycles. The molecule has 19 heavy (non-hydrogen) atoms. The predicted octanol–water partition coefficient (Wildman–Crippen LogP) is 1.56. The zero-order valence-electron chi connectivity index (χ0n) is 10.9. The van der Waals surface area contributed by atoms with Gasteiger partial charge in [0.25, 0.3) is 0 Å². The number of nitrogens with two attached hydrogens (primary N) is 1. The van der Waals surface area contributed by atoms with Gasteiger partial charge < -0.3 is 10.6 Å². The first kappa shape index (κ1) is 12.6. The fraction of sp³-hybridized carbons (Fsp3) is 0.533. The fourth-order valence-corrected chi connectivity index (χ4v) is 3.40. The van der Waals surface area contributed by atoms with Crippen LogP contribution in [0.5, 0.6) is 0 Å². The third-order valence-corrected chi connectivity index (χ3v) is 4.53. The van der Waals surface area contributed by atoms with E-state index in [0.29, 0.717) is 18.3 Å². The Bertz CT molecular complexity index is 474. The van der Waals surface area contributed by atoms with E-state index in [1.54, 1.807) is 12.1 Å². The zero-order chi connectivity index (χ0) is 13.4. The van der Waals surface area contributed by atoms with E-state index in [4.69, 9.17) is 5.73 Å². The van der Waals surface area contributed by atoms with Crippen LogP contribution in [-0.4, -0.2) is 29.9 Å². The summed E-state index contributed by atoms with van der Waals surface area (Å²) in [5.41, 5.74) is 6.94. The lowest BCUT2D eigenvalue weighted by Gasteiger charge is -2.18. The molecular weight excluding hydrogens is 243 g/mol. The molecular formula is C15H19FN2O. The molecule has 0 unspecified atom stereocenters. The molecule has 2 N–H and O–H groups in total. The van der Waals surface area contributed by atoms with Crippen molar-refractivity contribution in [2.45, 2.75) is 25.3 Å². The lowest BCUT2D eigenvalue weighted by Crippen LogP contribution is -2.34. The highest BCUT2D eigenvalue weighted by molar-refractivity contribution is 5.79. The molecule has 0 bridgehead atoms. The van der Waals surface area contributed by atoms with Crippen molar-refractivity contribution in [1.29, 1.82) is 0 Å². The minimum atomic E-state index is -0.266. The van der Waals surface area contributed by atoms with Crippen molar-refractivity contribution in [2.75, 3.05) is 13.1 Å². The first-order valence-electron chi connectivity index (χ1n) is 6.91. The Morgan fingerprint density at radius 2 is 2.00 bits per heavy atom. The van der Waals surface area contributed by atoms with Gasteiger partial charge in [0.15, 0.2) is 0 Å². The van der Waals surface area contributed by atoms with Gasteiger partial charge >= 0.3 is 0 Å². The zero-order valence-corrected chi connectivity index (χ0v) is 10.9. The largest absolute Gasteiger partial charge is 0.342 e. The van der Waals surface area contributed by atoms with E-state index in [-0.39, 0.29) is 17.8 Å². The van der Waals surface area contributed by atoms with E-state index in [1.165, 1.54) is 12.1 Å². The molecule has 3 rings (SSSR count). The van der Waals surface area contributed by atoms with E-state index < -0.39 is 0 Å². The van der Waals surface area contributed by atoms with Gasteiger partial charge in [0, 0.05) is 19.1 Å².